The van der Waals surface area contributed by atoms with Gasteiger partial charge >= 0.3 is 0 Å². The van der Waals surface area contributed by atoms with E-state index in [4.69, 9.17) is 14.2 Å². The average molecular weight is 282 g/mol. The van der Waals surface area contributed by atoms with Gasteiger partial charge < -0.3 is 19.3 Å². The highest BCUT2D eigenvalue weighted by atomic mass is 16.5. The van der Waals surface area contributed by atoms with Crippen LogP contribution in [-0.2, 0) is 14.2 Å². The Morgan fingerprint density at radius 2 is 1.80 bits per heavy atom. The first-order valence-electron chi connectivity index (χ1n) is 7.04. The Balaban J connectivity index is 2.17. The number of methoxy groups -OCH3 is 1. The van der Waals surface area contributed by atoms with E-state index in [9.17, 15) is 5.11 Å². The highest BCUT2D eigenvalue weighted by Crippen LogP contribution is 2.19. The lowest BCUT2D eigenvalue weighted by Crippen LogP contribution is -2.11. The maximum absolute atomic E-state index is 10.1. The summed E-state index contributed by atoms with van der Waals surface area (Å²) in [5.74, 6) is 0. The fraction of sp³-hybridized carbons (Fsp3) is 0.625. The molecule has 0 spiro atoms. The fourth-order valence-corrected chi connectivity index (χ4v) is 1.91. The molecule has 0 bridgehead atoms. The van der Waals surface area contributed by atoms with Gasteiger partial charge in [-0.1, -0.05) is 23.8 Å². The van der Waals surface area contributed by atoms with Gasteiger partial charge in [-0.15, -0.1) is 0 Å². The molecule has 1 unspecified atom stereocenters. The van der Waals surface area contributed by atoms with Crippen molar-refractivity contribution in [1.82, 2.24) is 0 Å². The van der Waals surface area contributed by atoms with Crippen LogP contribution in [0, 0.1) is 13.8 Å². The second-order valence-corrected chi connectivity index (χ2v) is 4.91. The summed E-state index contributed by atoms with van der Waals surface area (Å²) in [6.07, 6.45) is 0.257. The van der Waals surface area contributed by atoms with Crippen molar-refractivity contribution < 1.29 is 19.3 Å². The van der Waals surface area contributed by atoms with Crippen molar-refractivity contribution in [3.8, 4) is 0 Å². The van der Waals surface area contributed by atoms with Crippen molar-refractivity contribution >= 4 is 0 Å². The van der Waals surface area contributed by atoms with Crippen LogP contribution in [0.3, 0.4) is 0 Å². The molecule has 0 aromatic heterocycles. The van der Waals surface area contributed by atoms with Gasteiger partial charge in [-0.05, 0) is 31.4 Å². The first-order valence-corrected chi connectivity index (χ1v) is 7.04. The Hall–Kier alpha value is -0.940. The lowest BCUT2D eigenvalue weighted by molar-refractivity contribution is 0.0180. The number of rotatable bonds is 10. The van der Waals surface area contributed by atoms with Crippen LogP contribution in [0.25, 0.3) is 0 Å². The second kappa shape index (κ2) is 9.88. The standard InChI is InChI=1S/C16H26O4/c1-13-5-6-14(2)15(11-13)16(17)12-20-8-4-7-19-10-9-18-3/h5-6,11,16-17H,4,7-10,12H2,1-3H3. The summed E-state index contributed by atoms with van der Waals surface area (Å²) in [5, 5.41) is 10.1. The van der Waals surface area contributed by atoms with Gasteiger partial charge in [0, 0.05) is 20.3 Å². The van der Waals surface area contributed by atoms with Gasteiger partial charge in [-0.2, -0.15) is 0 Å². The second-order valence-electron chi connectivity index (χ2n) is 4.91. The van der Waals surface area contributed by atoms with E-state index < -0.39 is 6.10 Å². The fourth-order valence-electron chi connectivity index (χ4n) is 1.91. The van der Waals surface area contributed by atoms with E-state index >= 15 is 0 Å². The van der Waals surface area contributed by atoms with Crippen LogP contribution < -0.4 is 0 Å². The Bertz CT molecular complexity index is 379. The van der Waals surface area contributed by atoms with Crippen molar-refractivity contribution in [2.24, 2.45) is 0 Å². The summed E-state index contributed by atoms with van der Waals surface area (Å²) >= 11 is 0. The molecule has 114 valence electrons. The van der Waals surface area contributed by atoms with Gasteiger partial charge in [0.05, 0.1) is 19.8 Å². The molecule has 0 heterocycles. The van der Waals surface area contributed by atoms with Crippen molar-refractivity contribution in [3.05, 3.63) is 34.9 Å². The molecule has 0 aliphatic rings. The zero-order chi connectivity index (χ0) is 14.8. The van der Waals surface area contributed by atoms with Crippen LogP contribution >= 0.6 is 0 Å². The SMILES string of the molecule is COCCOCCCOCC(O)c1cc(C)ccc1C. The van der Waals surface area contributed by atoms with Crippen molar-refractivity contribution in [3.63, 3.8) is 0 Å². The molecule has 1 atom stereocenters. The van der Waals surface area contributed by atoms with E-state index in [0.717, 1.165) is 23.1 Å². The third-order valence-electron chi connectivity index (χ3n) is 3.08. The zero-order valence-electron chi connectivity index (χ0n) is 12.7. The topological polar surface area (TPSA) is 47.9 Å². The number of aliphatic hydroxyl groups excluding tert-OH is 1. The number of aryl methyl sites for hydroxylation is 2. The smallest absolute Gasteiger partial charge is 0.103 e. The minimum absolute atomic E-state index is 0.322. The summed E-state index contributed by atoms with van der Waals surface area (Å²) in [6.45, 7) is 6.82. The number of ether oxygens (including phenoxy) is 3. The molecule has 0 saturated heterocycles. The Morgan fingerprint density at radius 1 is 1.05 bits per heavy atom. The van der Waals surface area contributed by atoms with Crippen molar-refractivity contribution in [2.45, 2.75) is 26.4 Å². The first kappa shape index (κ1) is 17.1. The van der Waals surface area contributed by atoms with Crippen LogP contribution in [-0.4, -0.2) is 45.3 Å². The van der Waals surface area contributed by atoms with Gasteiger partial charge in [0.2, 0.25) is 0 Å². The molecule has 0 saturated carbocycles. The highest BCUT2D eigenvalue weighted by Gasteiger charge is 2.10. The monoisotopic (exact) mass is 282 g/mol. The number of benzene rings is 1. The van der Waals surface area contributed by atoms with E-state index in [2.05, 4.69) is 0 Å². The lowest BCUT2D eigenvalue weighted by Gasteiger charge is -2.15. The predicted octanol–water partition coefficient (Wildman–Crippen LogP) is 2.41. The van der Waals surface area contributed by atoms with E-state index in [1.165, 1.54) is 0 Å². The molecule has 0 fully saturated rings. The summed E-state index contributed by atoms with van der Waals surface area (Å²) in [6, 6.07) is 6.08. The first-order chi connectivity index (χ1) is 9.65. The number of hydrogen-bond acceptors (Lipinski definition) is 4. The third-order valence-corrected chi connectivity index (χ3v) is 3.08. The van der Waals surface area contributed by atoms with E-state index in [-0.39, 0.29) is 0 Å². The molecule has 0 aliphatic carbocycles. The van der Waals surface area contributed by atoms with Gasteiger partial charge in [0.1, 0.15) is 6.10 Å². The summed E-state index contributed by atoms with van der Waals surface area (Å²) in [4.78, 5) is 0. The number of hydrogen-bond donors (Lipinski definition) is 1. The molecule has 0 aliphatic heterocycles. The molecular weight excluding hydrogens is 256 g/mol. The zero-order valence-corrected chi connectivity index (χ0v) is 12.7. The van der Waals surface area contributed by atoms with Crippen LogP contribution in [0.4, 0.5) is 0 Å². The summed E-state index contributed by atoms with van der Waals surface area (Å²) < 4.78 is 15.7. The predicted molar refractivity (Wildman–Crippen MR) is 79.0 cm³/mol. The van der Waals surface area contributed by atoms with Gasteiger partial charge in [-0.3, -0.25) is 0 Å². The maximum atomic E-state index is 10.1. The number of aliphatic hydroxyl groups is 1. The average Bonchev–Trinajstić information content (AvgIpc) is 2.44. The molecule has 4 heteroatoms. The van der Waals surface area contributed by atoms with Gasteiger partial charge in [0.15, 0.2) is 0 Å². The molecule has 0 radical (unpaired) electrons. The maximum Gasteiger partial charge on any atom is 0.103 e. The van der Waals surface area contributed by atoms with Gasteiger partial charge in [0.25, 0.3) is 0 Å². The minimum atomic E-state index is -0.565. The van der Waals surface area contributed by atoms with Crippen molar-refractivity contribution in [1.29, 1.82) is 0 Å². The largest absolute Gasteiger partial charge is 0.386 e. The molecule has 1 rings (SSSR count). The minimum Gasteiger partial charge on any atom is -0.386 e. The molecule has 1 aromatic rings. The van der Waals surface area contributed by atoms with E-state index in [0.29, 0.717) is 33.0 Å². The lowest BCUT2D eigenvalue weighted by atomic mass is 10.0. The quantitative estimate of drug-likeness (QED) is 0.669. The van der Waals surface area contributed by atoms with E-state index in [1.807, 2.05) is 32.0 Å². The Kier molecular flexibility index (Phi) is 8.46. The van der Waals surface area contributed by atoms with Crippen LogP contribution in [0.5, 0.6) is 0 Å². The molecule has 4 nitrogen and oxygen atoms in total. The Labute approximate surface area is 121 Å². The van der Waals surface area contributed by atoms with Crippen LogP contribution in [0.2, 0.25) is 0 Å². The van der Waals surface area contributed by atoms with Crippen LogP contribution in [0.1, 0.15) is 29.2 Å². The Morgan fingerprint density at radius 3 is 2.55 bits per heavy atom. The van der Waals surface area contributed by atoms with Gasteiger partial charge in [-0.25, -0.2) is 0 Å². The third kappa shape index (κ3) is 6.48. The highest BCUT2D eigenvalue weighted by molar-refractivity contribution is 5.32. The normalized spacial score (nSPS) is 12.6. The summed E-state index contributed by atoms with van der Waals surface area (Å²) in [5.41, 5.74) is 3.19. The molecule has 0 amide bonds. The molecular formula is C16H26O4. The summed E-state index contributed by atoms with van der Waals surface area (Å²) in [7, 11) is 1.65. The molecule has 20 heavy (non-hydrogen) atoms. The van der Waals surface area contributed by atoms with Crippen molar-refractivity contribution in [2.75, 3.05) is 40.1 Å². The molecule has 1 N–H and O–H groups in total. The van der Waals surface area contributed by atoms with Crippen LogP contribution in [0.15, 0.2) is 18.2 Å². The van der Waals surface area contributed by atoms with E-state index in [1.54, 1.807) is 7.11 Å². The molecule has 1 aromatic carbocycles.